The Balaban J connectivity index is 1.32. The number of ether oxygens (including phenoxy) is 1. The summed E-state index contributed by atoms with van der Waals surface area (Å²) in [5, 5.41) is 6.84. The lowest BCUT2D eigenvalue weighted by atomic mass is 10.1. The van der Waals surface area contributed by atoms with Gasteiger partial charge in [-0.1, -0.05) is 42.5 Å². The van der Waals surface area contributed by atoms with Gasteiger partial charge in [0.1, 0.15) is 17.9 Å². The van der Waals surface area contributed by atoms with Gasteiger partial charge >= 0.3 is 0 Å². The zero-order valence-corrected chi connectivity index (χ0v) is 19.1. The van der Waals surface area contributed by atoms with Crippen LogP contribution >= 0.6 is 0 Å². The van der Waals surface area contributed by atoms with E-state index in [9.17, 15) is 0 Å². The summed E-state index contributed by atoms with van der Waals surface area (Å²) in [5.41, 5.74) is 5.24. The summed E-state index contributed by atoms with van der Waals surface area (Å²) in [6.07, 6.45) is 3.56. The summed E-state index contributed by atoms with van der Waals surface area (Å²) >= 11 is 0. The van der Waals surface area contributed by atoms with Gasteiger partial charge in [0.2, 0.25) is 5.95 Å². The van der Waals surface area contributed by atoms with Gasteiger partial charge in [-0.25, -0.2) is 9.97 Å². The lowest BCUT2D eigenvalue weighted by molar-refractivity contribution is 0.414. The maximum absolute atomic E-state index is 5.22. The smallest absolute Gasteiger partial charge is 0.225 e. The van der Waals surface area contributed by atoms with E-state index in [-0.39, 0.29) is 6.04 Å². The number of nitrogens with one attached hydrogen (secondary N) is 2. The van der Waals surface area contributed by atoms with Gasteiger partial charge in [0, 0.05) is 18.4 Å². The van der Waals surface area contributed by atoms with Crippen molar-refractivity contribution >= 4 is 22.7 Å². The first-order valence-corrected chi connectivity index (χ1v) is 11.2. The Hall–Kier alpha value is -4.39. The molecule has 0 bridgehead atoms. The summed E-state index contributed by atoms with van der Waals surface area (Å²) in [6.45, 7) is 2.81. The molecule has 170 valence electrons. The molecule has 5 rings (SSSR count). The predicted molar refractivity (Wildman–Crippen MR) is 135 cm³/mol. The van der Waals surface area contributed by atoms with E-state index in [0.29, 0.717) is 5.95 Å². The first-order chi connectivity index (χ1) is 16.7. The minimum atomic E-state index is 0.0929. The first-order valence-electron chi connectivity index (χ1n) is 11.2. The SMILES string of the molecule is COc1ccc(CNc2ccc3c(c2)ncn3-c2ccnc(N[C@@H](C)c3ccccc3)n2)cc1. The third-order valence-corrected chi connectivity index (χ3v) is 5.74. The summed E-state index contributed by atoms with van der Waals surface area (Å²) in [4.78, 5) is 13.7. The second-order valence-electron chi connectivity index (χ2n) is 8.03. The molecule has 0 saturated heterocycles. The van der Waals surface area contributed by atoms with Crippen LogP contribution in [0.2, 0.25) is 0 Å². The van der Waals surface area contributed by atoms with Crippen LogP contribution in [0.5, 0.6) is 5.75 Å². The Morgan fingerprint density at radius 2 is 1.76 bits per heavy atom. The fourth-order valence-electron chi connectivity index (χ4n) is 3.82. The zero-order valence-electron chi connectivity index (χ0n) is 19.1. The molecular weight excluding hydrogens is 424 g/mol. The van der Waals surface area contributed by atoms with Gasteiger partial charge in [-0.3, -0.25) is 4.57 Å². The van der Waals surface area contributed by atoms with Crippen molar-refractivity contribution in [2.24, 2.45) is 0 Å². The van der Waals surface area contributed by atoms with Crippen LogP contribution in [-0.4, -0.2) is 26.6 Å². The second kappa shape index (κ2) is 9.62. The van der Waals surface area contributed by atoms with Gasteiger partial charge in [-0.15, -0.1) is 0 Å². The maximum atomic E-state index is 5.22. The molecule has 0 aliphatic rings. The normalized spacial score (nSPS) is 11.8. The van der Waals surface area contributed by atoms with E-state index in [1.165, 1.54) is 11.1 Å². The predicted octanol–water partition coefficient (Wildman–Crippen LogP) is 5.61. The van der Waals surface area contributed by atoms with Crippen LogP contribution < -0.4 is 15.4 Å². The van der Waals surface area contributed by atoms with Crippen LogP contribution in [0.25, 0.3) is 16.9 Å². The van der Waals surface area contributed by atoms with E-state index in [1.54, 1.807) is 19.6 Å². The minimum Gasteiger partial charge on any atom is -0.497 e. The number of benzene rings is 3. The van der Waals surface area contributed by atoms with Crippen molar-refractivity contribution in [3.05, 3.63) is 103 Å². The summed E-state index contributed by atoms with van der Waals surface area (Å²) in [6, 6.07) is 26.4. The third kappa shape index (κ3) is 4.68. The number of rotatable bonds is 8. The molecule has 2 aromatic heterocycles. The molecule has 1 atom stereocenters. The molecule has 2 N–H and O–H groups in total. The first kappa shape index (κ1) is 21.5. The highest BCUT2D eigenvalue weighted by atomic mass is 16.5. The fraction of sp³-hybridized carbons (Fsp3) is 0.148. The Kier molecular flexibility index (Phi) is 6.07. The van der Waals surface area contributed by atoms with E-state index in [4.69, 9.17) is 9.72 Å². The number of hydrogen-bond donors (Lipinski definition) is 2. The molecule has 0 aliphatic heterocycles. The number of methoxy groups -OCH3 is 1. The van der Waals surface area contributed by atoms with Gasteiger partial charge in [0.05, 0.1) is 24.2 Å². The average Bonchev–Trinajstić information content (AvgIpc) is 3.32. The molecule has 0 radical (unpaired) electrons. The topological polar surface area (TPSA) is 76.9 Å². The lowest BCUT2D eigenvalue weighted by Crippen LogP contribution is -2.10. The Labute approximate surface area is 198 Å². The van der Waals surface area contributed by atoms with E-state index in [2.05, 4.69) is 63.9 Å². The van der Waals surface area contributed by atoms with E-state index >= 15 is 0 Å². The molecule has 2 heterocycles. The molecule has 0 spiro atoms. The van der Waals surface area contributed by atoms with Crippen molar-refractivity contribution in [1.82, 2.24) is 19.5 Å². The molecule has 0 unspecified atom stereocenters. The fourth-order valence-corrected chi connectivity index (χ4v) is 3.82. The number of aromatic nitrogens is 4. The van der Waals surface area contributed by atoms with Crippen LogP contribution in [0.3, 0.4) is 0 Å². The van der Waals surface area contributed by atoms with Gasteiger partial charge in [-0.05, 0) is 54.4 Å². The highest BCUT2D eigenvalue weighted by Crippen LogP contribution is 2.23. The minimum absolute atomic E-state index is 0.0929. The molecule has 34 heavy (non-hydrogen) atoms. The Bertz CT molecular complexity index is 1380. The van der Waals surface area contributed by atoms with Crippen LogP contribution in [0.4, 0.5) is 11.6 Å². The van der Waals surface area contributed by atoms with Crippen LogP contribution in [0.1, 0.15) is 24.1 Å². The molecule has 7 nitrogen and oxygen atoms in total. The molecule has 0 fully saturated rings. The molecule has 5 aromatic rings. The summed E-state index contributed by atoms with van der Waals surface area (Å²) in [5.74, 6) is 2.20. The lowest BCUT2D eigenvalue weighted by Gasteiger charge is -2.14. The van der Waals surface area contributed by atoms with Crippen molar-refractivity contribution in [3.63, 3.8) is 0 Å². The molecule has 7 heteroatoms. The third-order valence-electron chi connectivity index (χ3n) is 5.74. The number of hydrogen-bond acceptors (Lipinski definition) is 6. The zero-order chi connectivity index (χ0) is 23.3. The molecule has 0 aliphatic carbocycles. The molecule has 0 saturated carbocycles. The highest BCUT2D eigenvalue weighted by Gasteiger charge is 2.10. The standard InChI is InChI=1S/C27H26N6O/c1-19(21-6-4-3-5-7-21)31-27-28-15-14-26(32-27)33-18-30-24-16-22(10-13-25(24)33)29-17-20-8-11-23(34-2)12-9-20/h3-16,18-19,29H,17H2,1-2H3,(H,28,31,32)/t19-/m0/s1. The number of anilines is 2. The molecular formula is C27H26N6O. The number of nitrogens with zero attached hydrogens (tertiary/aromatic N) is 4. The second-order valence-corrected chi connectivity index (χ2v) is 8.03. The van der Waals surface area contributed by atoms with Gasteiger partial charge < -0.3 is 15.4 Å². The van der Waals surface area contributed by atoms with E-state index < -0.39 is 0 Å². The highest BCUT2D eigenvalue weighted by molar-refractivity contribution is 5.81. The van der Waals surface area contributed by atoms with Crippen molar-refractivity contribution in [3.8, 4) is 11.6 Å². The van der Waals surface area contributed by atoms with Crippen molar-refractivity contribution in [2.45, 2.75) is 19.5 Å². The molecule has 3 aromatic carbocycles. The van der Waals surface area contributed by atoms with Crippen molar-refractivity contribution in [2.75, 3.05) is 17.7 Å². The van der Waals surface area contributed by atoms with Crippen LogP contribution in [0.15, 0.2) is 91.4 Å². The molecule has 0 amide bonds. The Morgan fingerprint density at radius 3 is 2.56 bits per heavy atom. The quantitative estimate of drug-likeness (QED) is 0.320. The van der Waals surface area contributed by atoms with E-state index in [0.717, 1.165) is 34.8 Å². The van der Waals surface area contributed by atoms with Crippen LogP contribution in [-0.2, 0) is 6.54 Å². The summed E-state index contributed by atoms with van der Waals surface area (Å²) < 4.78 is 7.20. The van der Waals surface area contributed by atoms with Gasteiger partial charge in [0.15, 0.2) is 0 Å². The monoisotopic (exact) mass is 450 g/mol. The number of fused-ring (bicyclic) bond motifs is 1. The van der Waals surface area contributed by atoms with Crippen molar-refractivity contribution < 1.29 is 4.74 Å². The van der Waals surface area contributed by atoms with Gasteiger partial charge in [-0.2, -0.15) is 4.98 Å². The number of imidazole rings is 1. The van der Waals surface area contributed by atoms with E-state index in [1.807, 2.05) is 47.0 Å². The maximum Gasteiger partial charge on any atom is 0.225 e. The summed E-state index contributed by atoms with van der Waals surface area (Å²) in [7, 11) is 1.67. The van der Waals surface area contributed by atoms with Gasteiger partial charge in [0.25, 0.3) is 0 Å². The van der Waals surface area contributed by atoms with Crippen LogP contribution in [0, 0.1) is 0 Å². The average molecular weight is 451 g/mol. The Morgan fingerprint density at radius 1 is 0.941 bits per heavy atom. The van der Waals surface area contributed by atoms with Crippen molar-refractivity contribution in [1.29, 1.82) is 0 Å². The largest absolute Gasteiger partial charge is 0.497 e.